The van der Waals surface area contributed by atoms with Crippen molar-refractivity contribution in [2.24, 2.45) is 0 Å². The van der Waals surface area contributed by atoms with Crippen LogP contribution in [0, 0.1) is 0 Å². The van der Waals surface area contributed by atoms with Gasteiger partial charge < -0.3 is 15.4 Å². The Hall–Kier alpha value is -3.41. The lowest BCUT2D eigenvalue weighted by molar-refractivity contribution is 0.0942. The minimum Gasteiger partial charge on any atom is -0.497 e. The van der Waals surface area contributed by atoms with E-state index in [9.17, 15) is 9.59 Å². The number of rotatable bonds is 5. The number of pyridine rings is 1. The van der Waals surface area contributed by atoms with E-state index in [1.165, 1.54) is 0 Å². The number of nitrogens with zero attached hydrogens (tertiary/aromatic N) is 1. The first-order chi connectivity index (χ1) is 12.6. The molecule has 0 radical (unpaired) electrons. The molecule has 3 rings (SSSR count). The zero-order valence-electron chi connectivity index (χ0n) is 14.6. The number of fused-ring (bicyclic) bond motifs is 1. The Morgan fingerprint density at radius 2 is 1.77 bits per heavy atom. The van der Waals surface area contributed by atoms with E-state index in [-0.39, 0.29) is 11.8 Å². The Morgan fingerprint density at radius 1 is 1.00 bits per heavy atom. The van der Waals surface area contributed by atoms with Crippen molar-refractivity contribution in [3.63, 3.8) is 0 Å². The Morgan fingerprint density at radius 3 is 2.46 bits per heavy atom. The Balaban J connectivity index is 1.68. The minimum atomic E-state index is -0.252. The summed E-state index contributed by atoms with van der Waals surface area (Å²) in [5.74, 6) is 0.354. The zero-order valence-corrected chi connectivity index (χ0v) is 14.6. The van der Waals surface area contributed by atoms with Crippen LogP contribution in [-0.2, 0) is 6.54 Å². The molecule has 0 saturated heterocycles. The van der Waals surface area contributed by atoms with Gasteiger partial charge in [0.1, 0.15) is 11.4 Å². The van der Waals surface area contributed by atoms with Gasteiger partial charge in [0.25, 0.3) is 11.8 Å². The predicted molar refractivity (Wildman–Crippen MR) is 99.3 cm³/mol. The van der Waals surface area contributed by atoms with E-state index in [2.05, 4.69) is 15.6 Å². The molecule has 2 N–H and O–H groups in total. The lowest BCUT2D eigenvalue weighted by atomic mass is 10.1. The van der Waals surface area contributed by atoms with E-state index in [4.69, 9.17) is 4.74 Å². The van der Waals surface area contributed by atoms with Crippen LogP contribution in [0.1, 0.15) is 26.4 Å². The molecule has 0 bridgehead atoms. The third-order valence-electron chi connectivity index (χ3n) is 4.03. The van der Waals surface area contributed by atoms with Gasteiger partial charge in [0.15, 0.2) is 0 Å². The third-order valence-corrected chi connectivity index (χ3v) is 4.03. The molecule has 0 aliphatic carbocycles. The van der Waals surface area contributed by atoms with Crippen molar-refractivity contribution >= 4 is 22.7 Å². The summed E-state index contributed by atoms with van der Waals surface area (Å²) in [6, 6.07) is 16.1. The van der Waals surface area contributed by atoms with Crippen LogP contribution in [0.25, 0.3) is 10.9 Å². The van der Waals surface area contributed by atoms with Crippen molar-refractivity contribution < 1.29 is 14.3 Å². The number of carbonyl (C=O) groups is 2. The molecule has 2 amide bonds. The smallest absolute Gasteiger partial charge is 0.270 e. The zero-order chi connectivity index (χ0) is 18.5. The fourth-order valence-electron chi connectivity index (χ4n) is 2.55. The van der Waals surface area contributed by atoms with Crippen molar-refractivity contribution in [3.8, 4) is 5.75 Å². The van der Waals surface area contributed by atoms with Crippen molar-refractivity contribution in [3.05, 3.63) is 71.4 Å². The average Bonchev–Trinajstić information content (AvgIpc) is 2.70. The van der Waals surface area contributed by atoms with Crippen LogP contribution in [0.2, 0.25) is 0 Å². The summed E-state index contributed by atoms with van der Waals surface area (Å²) in [6.45, 7) is 0.356. The van der Waals surface area contributed by atoms with E-state index in [1.807, 2.05) is 36.4 Å². The average molecular weight is 349 g/mol. The van der Waals surface area contributed by atoms with Crippen LogP contribution >= 0.6 is 0 Å². The first-order valence-electron chi connectivity index (χ1n) is 8.15. The van der Waals surface area contributed by atoms with Gasteiger partial charge in [-0.3, -0.25) is 9.59 Å². The van der Waals surface area contributed by atoms with E-state index in [1.54, 1.807) is 32.4 Å². The normalized spacial score (nSPS) is 10.4. The fourth-order valence-corrected chi connectivity index (χ4v) is 2.55. The number of ether oxygens (including phenoxy) is 1. The summed E-state index contributed by atoms with van der Waals surface area (Å²) in [7, 11) is 3.20. The second-order valence-corrected chi connectivity index (χ2v) is 5.71. The summed E-state index contributed by atoms with van der Waals surface area (Å²) in [6.07, 6.45) is 0. The molecule has 0 saturated carbocycles. The molecular formula is C20H19N3O3. The number of hydrogen-bond donors (Lipinski definition) is 2. The fraction of sp³-hybridized carbons (Fsp3) is 0.150. The molecule has 0 aliphatic rings. The highest BCUT2D eigenvalue weighted by molar-refractivity contribution is 5.95. The van der Waals surface area contributed by atoms with E-state index in [0.717, 1.165) is 22.2 Å². The lowest BCUT2D eigenvalue weighted by Gasteiger charge is -2.07. The van der Waals surface area contributed by atoms with Gasteiger partial charge in [0, 0.05) is 24.5 Å². The molecule has 132 valence electrons. The Kier molecular flexibility index (Phi) is 5.12. The van der Waals surface area contributed by atoms with E-state index < -0.39 is 0 Å². The van der Waals surface area contributed by atoms with Gasteiger partial charge in [0.05, 0.1) is 12.6 Å². The molecule has 0 spiro atoms. The largest absolute Gasteiger partial charge is 0.497 e. The number of benzene rings is 2. The van der Waals surface area contributed by atoms with Crippen molar-refractivity contribution in [2.75, 3.05) is 14.2 Å². The van der Waals surface area contributed by atoms with Crippen molar-refractivity contribution in [1.29, 1.82) is 0 Å². The maximum atomic E-state index is 12.3. The van der Waals surface area contributed by atoms with Gasteiger partial charge in [-0.25, -0.2) is 4.98 Å². The highest BCUT2D eigenvalue weighted by atomic mass is 16.5. The van der Waals surface area contributed by atoms with Crippen LogP contribution in [0.5, 0.6) is 5.75 Å². The summed E-state index contributed by atoms with van der Waals surface area (Å²) in [5.41, 5.74) is 2.56. The van der Waals surface area contributed by atoms with Gasteiger partial charge in [-0.05, 0) is 42.0 Å². The van der Waals surface area contributed by atoms with Gasteiger partial charge in [-0.2, -0.15) is 0 Å². The number of hydrogen-bond acceptors (Lipinski definition) is 4. The number of amides is 2. The monoisotopic (exact) mass is 349 g/mol. The van der Waals surface area contributed by atoms with Gasteiger partial charge >= 0.3 is 0 Å². The molecule has 1 heterocycles. The molecule has 0 unspecified atom stereocenters. The molecule has 6 heteroatoms. The van der Waals surface area contributed by atoms with Gasteiger partial charge in [-0.1, -0.05) is 18.2 Å². The van der Waals surface area contributed by atoms with Crippen LogP contribution in [0.15, 0.2) is 54.6 Å². The second-order valence-electron chi connectivity index (χ2n) is 5.71. The highest BCUT2D eigenvalue weighted by Gasteiger charge is 2.09. The standard InChI is InChI=1S/C20H19N3O3/c1-21-19(24)14-5-3-13(4-6-14)12-22-20(25)18-9-7-15-11-16(26-2)8-10-17(15)23-18/h3-11H,12H2,1-2H3,(H,21,24)(H,22,25). The van der Waals surface area contributed by atoms with Crippen LogP contribution in [0.3, 0.4) is 0 Å². The molecule has 3 aromatic rings. The molecule has 0 atom stereocenters. The summed E-state index contributed by atoms with van der Waals surface area (Å²) in [5, 5.41) is 6.32. The van der Waals surface area contributed by atoms with E-state index in [0.29, 0.717) is 17.8 Å². The van der Waals surface area contributed by atoms with Gasteiger partial charge in [0.2, 0.25) is 0 Å². The van der Waals surface area contributed by atoms with Crippen LogP contribution < -0.4 is 15.4 Å². The highest BCUT2D eigenvalue weighted by Crippen LogP contribution is 2.19. The second kappa shape index (κ2) is 7.65. The first-order valence-corrected chi connectivity index (χ1v) is 8.15. The number of carbonyl (C=O) groups excluding carboxylic acids is 2. The molecule has 6 nitrogen and oxygen atoms in total. The molecule has 26 heavy (non-hydrogen) atoms. The Bertz CT molecular complexity index is 952. The van der Waals surface area contributed by atoms with Gasteiger partial charge in [-0.15, -0.1) is 0 Å². The van der Waals surface area contributed by atoms with Crippen molar-refractivity contribution in [1.82, 2.24) is 15.6 Å². The Labute approximate surface area is 151 Å². The first kappa shape index (κ1) is 17.4. The summed E-state index contributed by atoms with van der Waals surface area (Å²) < 4.78 is 5.19. The number of nitrogens with one attached hydrogen (secondary N) is 2. The third kappa shape index (κ3) is 3.80. The lowest BCUT2D eigenvalue weighted by Crippen LogP contribution is -2.24. The number of aromatic nitrogens is 1. The SMILES string of the molecule is CNC(=O)c1ccc(CNC(=O)c2ccc3cc(OC)ccc3n2)cc1. The number of methoxy groups -OCH3 is 1. The maximum absolute atomic E-state index is 12.3. The van der Waals surface area contributed by atoms with Crippen LogP contribution in [-0.4, -0.2) is 31.0 Å². The quantitative estimate of drug-likeness (QED) is 0.742. The predicted octanol–water partition coefficient (Wildman–Crippen LogP) is 2.53. The minimum absolute atomic E-state index is 0.141. The molecule has 2 aromatic carbocycles. The summed E-state index contributed by atoms with van der Waals surface area (Å²) >= 11 is 0. The molecular weight excluding hydrogens is 330 g/mol. The van der Waals surface area contributed by atoms with Crippen molar-refractivity contribution in [2.45, 2.75) is 6.54 Å². The van der Waals surface area contributed by atoms with Crippen LogP contribution in [0.4, 0.5) is 0 Å². The summed E-state index contributed by atoms with van der Waals surface area (Å²) in [4.78, 5) is 28.3. The molecule has 0 fully saturated rings. The topological polar surface area (TPSA) is 80.3 Å². The molecule has 0 aliphatic heterocycles. The maximum Gasteiger partial charge on any atom is 0.270 e. The van der Waals surface area contributed by atoms with E-state index >= 15 is 0 Å². The molecule has 1 aromatic heterocycles.